The van der Waals surface area contributed by atoms with E-state index in [1.54, 1.807) is 36.4 Å². The number of carbonyl (C=O) groups excluding carboxylic acids is 3. The second kappa shape index (κ2) is 13.6. The van der Waals surface area contributed by atoms with E-state index >= 15 is 0 Å². The van der Waals surface area contributed by atoms with Gasteiger partial charge < -0.3 is 36.5 Å². The van der Waals surface area contributed by atoms with E-state index in [-0.39, 0.29) is 24.9 Å². The topological polar surface area (TPSA) is 182 Å². The first-order chi connectivity index (χ1) is 20.9. The number of hydrogen-bond acceptors (Lipinski definition) is 11. The lowest BCUT2D eigenvalue weighted by atomic mass is 10.1. The summed E-state index contributed by atoms with van der Waals surface area (Å²) < 4.78 is 48.2. The van der Waals surface area contributed by atoms with E-state index in [4.69, 9.17) is 26.8 Å². The van der Waals surface area contributed by atoms with Gasteiger partial charge in [-0.15, -0.1) is 0 Å². The molecule has 6 N–H and O–H groups in total. The van der Waals surface area contributed by atoms with Gasteiger partial charge in [-0.1, -0.05) is 23.7 Å². The minimum absolute atomic E-state index is 0.00903. The third-order valence-corrected chi connectivity index (χ3v) is 6.64. The van der Waals surface area contributed by atoms with Crippen molar-refractivity contribution in [2.75, 3.05) is 36.2 Å². The molecule has 1 aliphatic rings. The molecular weight excluding hydrogens is 609 g/mol. The van der Waals surface area contributed by atoms with Crippen molar-refractivity contribution in [2.45, 2.75) is 37.0 Å². The summed E-state index contributed by atoms with van der Waals surface area (Å²) in [7, 11) is 1.21. The Morgan fingerprint density at radius 3 is 2.23 bits per heavy atom. The highest BCUT2D eigenvalue weighted by Gasteiger charge is 2.45. The average Bonchev–Trinajstić information content (AvgIpc) is 3.76. The van der Waals surface area contributed by atoms with Crippen LogP contribution in [-0.4, -0.2) is 65.2 Å². The second-order valence-corrected chi connectivity index (χ2v) is 10.2. The lowest BCUT2D eigenvalue weighted by Gasteiger charge is -2.19. The van der Waals surface area contributed by atoms with Crippen LogP contribution in [0.15, 0.2) is 48.5 Å². The SMILES string of the molecule is COC(=O)[C@H](CCNC(=O)C(N)=O)Nc1ccc(Nc2nc(NC3(c4ccc(Cl)cc4)CC3)nc(OCC(F)(F)F)n2)cc1. The van der Waals surface area contributed by atoms with Gasteiger partial charge in [-0.3, -0.25) is 9.59 Å². The largest absolute Gasteiger partial charge is 0.467 e. The van der Waals surface area contributed by atoms with Gasteiger partial charge in [0, 0.05) is 22.9 Å². The Morgan fingerprint density at radius 2 is 1.64 bits per heavy atom. The summed E-state index contributed by atoms with van der Waals surface area (Å²) in [6.07, 6.45) is -3.04. The Balaban J connectivity index is 1.48. The number of nitrogens with one attached hydrogen (secondary N) is 4. The van der Waals surface area contributed by atoms with Gasteiger partial charge >= 0.3 is 30.0 Å². The summed E-state index contributed by atoms with van der Waals surface area (Å²) in [6, 6.07) is 12.2. The number of anilines is 4. The zero-order valence-electron chi connectivity index (χ0n) is 23.2. The van der Waals surface area contributed by atoms with Crippen LogP contribution in [0.1, 0.15) is 24.8 Å². The van der Waals surface area contributed by atoms with E-state index in [1.807, 2.05) is 12.1 Å². The summed E-state index contributed by atoms with van der Waals surface area (Å²) in [6.45, 7) is -1.62. The molecule has 2 amide bonds. The molecule has 1 fully saturated rings. The summed E-state index contributed by atoms with van der Waals surface area (Å²) in [4.78, 5) is 46.8. The van der Waals surface area contributed by atoms with E-state index in [0.717, 1.165) is 18.4 Å². The van der Waals surface area contributed by atoms with Crippen molar-refractivity contribution in [3.05, 3.63) is 59.1 Å². The molecular formula is C27H28ClF3N8O5. The molecule has 234 valence electrons. The molecule has 4 rings (SSSR count). The zero-order valence-corrected chi connectivity index (χ0v) is 24.0. The van der Waals surface area contributed by atoms with Crippen LogP contribution < -0.4 is 31.7 Å². The zero-order chi connectivity index (χ0) is 31.9. The lowest BCUT2D eigenvalue weighted by Crippen LogP contribution is -2.40. The highest BCUT2D eigenvalue weighted by molar-refractivity contribution is 6.34. The van der Waals surface area contributed by atoms with Gasteiger partial charge in [-0.05, 0) is 61.2 Å². The predicted octanol–water partition coefficient (Wildman–Crippen LogP) is 3.26. The number of esters is 1. The molecule has 44 heavy (non-hydrogen) atoms. The smallest absolute Gasteiger partial charge is 0.422 e. The van der Waals surface area contributed by atoms with Crippen molar-refractivity contribution in [2.24, 2.45) is 5.73 Å². The molecule has 0 spiro atoms. The molecule has 17 heteroatoms. The summed E-state index contributed by atoms with van der Waals surface area (Å²) >= 11 is 6.01. The van der Waals surface area contributed by atoms with Crippen molar-refractivity contribution in [3.63, 3.8) is 0 Å². The second-order valence-electron chi connectivity index (χ2n) is 9.71. The molecule has 1 saturated carbocycles. The molecule has 1 aromatic heterocycles. The minimum atomic E-state index is -4.60. The number of nitrogens with two attached hydrogens (primary N) is 1. The van der Waals surface area contributed by atoms with Gasteiger partial charge in [0.2, 0.25) is 11.9 Å². The highest BCUT2D eigenvalue weighted by atomic mass is 35.5. The summed E-state index contributed by atoms with van der Waals surface area (Å²) in [5.74, 6) is -2.81. The van der Waals surface area contributed by atoms with Crippen LogP contribution in [0.4, 0.5) is 36.4 Å². The van der Waals surface area contributed by atoms with Gasteiger partial charge in [-0.2, -0.15) is 28.1 Å². The number of primary amides is 1. The fraction of sp³-hybridized carbons (Fsp3) is 0.333. The molecule has 0 bridgehead atoms. The predicted molar refractivity (Wildman–Crippen MR) is 153 cm³/mol. The van der Waals surface area contributed by atoms with E-state index < -0.39 is 48.2 Å². The van der Waals surface area contributed by atoms with Crippen LogP contribution in [0.25, 0.3) is 0 Å². The molecule has 0 radical (unpaired) electrons. The number of ether oxygens (including phenoxy) is 2. The fourth-order valence-corrected chi connectivity index (χ4v) is 4.19. The number of nitrogens with zero attached hydrogens (tertiary/aromatic N) is 3. The van der Waals surface area contributed by atoms with Crippen molar-refractivity contribution < 1.29 is 37.0 Å². The number of methoxy groups -OCH3 is 1. The van der Waals surface area contributed by atoms with E-state index in [9.17, 15) is 27.6 Å². The Bertz CT molecular complexity index is 1490. The molecule has 1 atom stereocenters. The van der Waals surface area contributed by atoms with E-state index in [2.05, 4.69) is 36.2 Å². The maximum atomic E-state index is 12.9. The van der Waals surface area contributed by atoms with Crippen LogP contribution in [0.3, 0.4) is 0 Å². The molecule has 0 saturated heterocycles. The normalized spacial score (nSPS) is 14.1. The molecule has 2 aromatic carbocycles. The number of amides is 2. The van der Waals surface area contributed by atoms with Crippen molar-refractivity contribution >= 4 is 52.7 Å². The molecule has 0 aliphatic heterocycles. The Hall–Kier alpha value is -4.86. The third-order valence-electron chi connectivity index (χ3n) is 6.39. The maximum Gasteiger partial charge on any atom is 0.422 e. The summed E-state index contributed by atoms with van der Waals surface area (Å²) in [5.41, 5.74) is 6.25. The maximum absolute atomic E-state index is 12.9. The molecule has 1 aliphatic carbocycles. The van der Waals surface area contributed by atoms with Crippen LogP contribution in [0.5, 0.6) is 6.01 Å². The van der Waals surface area contributed by atoms with Crippen molar-refractivity contribution in [1.82, 2.24) is 20.3 Å². The van der Waals surface area contributed by atoms with Crippen LogP contribution in [0.2, 0.25) is 5.02 Å². The lowest BCUT2D eigenvalue weighted by molar-refractivity contribution is -0.154. The first-order valence-electron chi connectivity index (χ1n) is 13.1. The quantitative estimate of drug-likeness (QED) is 0.137. The number of alkyl halides is 3. The monoisotopic (exact) mass is 636 g/mol. The molecule has 0 unspecified atom stereocenters. The van der Waals surface area contributed by atoms with Crippen LogP contribution >= 0.6 is 11.6 Å². The summed E-state index contributed by atoms with van der Waals surface area (Å²) in [5, 5.41) is 11.9. The van der Waals surface area contributed by atoms with Crippen molar-refractivity contribution in [3.8, 4) is 6.01 Å². The van der Waals surface area contributed by atoms with Crippen LogP contribution in [-0.2, 0) is 24.7 Å². The van der Waals surface area contributed by atoms with Gasteiger partial charge in [-0.25, -0.2) is 4.79 Å². The van der Waals surface area contributed by atoms with E-state index in [1.165, 1.54) is 7.11 Å². The highest BCUT2D eigenvalue weighted by Crippen LogP contribution is 2.48. The van der Waals surface area contributed by atoms with Gasteiger partial charge in [0.05, 0.1) is 12.6 Å². The number of halogens is 4. The van der Waals surface area contributed by atoms with Gasteiger partial charge in [0.1, 0.15) is 6.04 Å². The average molecular weight is 637 g/mol. The first-order valence-corrected chi connectivity index (χ1v) is 13.5. The standard InChI is InChI=1S/C27H28ClF3N8O5/c1-43-22(42)19(10-13-33-21(41)20(32)40)34-17-6-8-18(9-7-17)35-23-36-24(38-25(37-23)44-14-27(29,30)31)39-26(11-12-26)15-2-4-16(28)5-3-15/h2-9,19,34H,10-14H2,1H3,(H2,32,40)(H,33,41)(H2,35,36,37,38,39)/t19-/m0/s1. The van der Waals surface area contributed by atoms with E-state index in [0.29, 0.717) is 16.4 Å². The Morgan fingerprint density at radius 1 is 1.00 bits per heavy atom. The van der Waals surface area contributed by atoms with Gasteiger partial charge in [0.15, 0.2) is 6.61 Å². The Labute approximate surface area is 254 Å². The molecule has 1 heterocycles. The third kappa shape index (κ3) is 9.07. The number of carbonyl (C=O) groups is 3. The first kappa shape index (κ1) is 32.1. The van der Waals surface area contributed by atoms with Crippen LogP contribution in [0, 0.1) is 0 Å². The Kier molecular flexibility index (Phi) is 9.93. The fourth-order valence-electron chi connectivity index (χ4n) is 4.06. The number of rotatable bonds is 13. The number of benzene rings is 2. The van der Waals surface area contributed by atoms with Crippen molar-refractivity contribution in [1.29, 1.82) is 0 Å². The van der Waals surface area contributed by atoms with Gasteiger partial charge in [0.25, 0.3) is 0 Å². The number of hydrogen-bond donors (Lipinski definition) is 5. The minimum Gasteiger partial charge on any atom is -0.467 e. The molecule has 13 nitrogen and oxygen atoms in total. The molecule has 3 aromatic rings. The number of aromatic nitrogens is 3.